The van der Waals surface area contributed by atoms with Crippen molar-refractivity contribution in [3.05, 3.63) is 71.3 Å². The first-order chi connectivity index (χ1) is 13.5. The summed E-state index contributed by atoms with van der Waals surface area (Å²) < 4.78 is 33.7. The number of nitrogens with zero attached hydrogens (tertiary/aromatic N) is 1. The molecule has 0 unspecified atom stereocenters. The van der Waals surface area contributed by atoms with Gasteiger partial charge in [0, 0.05) is 28.9 Å². The number of halogens is 2. The molecule has 8 heteroatoms. The fourth-order valence-electron chi connectivity index (χ4n) is 3.69. The molecule has 1 amide bonds. The van der Waals surface area contributed by atoms with Crippen LogP contribution in [0, 0.1) is 17.6 Å². The minimum atomic E-state index is -1.13. The summed E-state index contributed by atoms with van der Waals surface area (Å²) >= 11 is 1.31. The van der Waals surface area contributed by atoms with E-state index in [1.165, 1.54) is 23.9 Å². The molecule has 28 heavy (non-hydrogen) atoms. The van der Waals surface area contributed by atoms with Crippen LogP contribution in [-0.4, -0.2) is 41.3 Å². The molecule has 5 nitrogen and oxygen atoms in total. The Morgan fingerprint density at radius 3 is 2.79 bits per heavy atom. The van der Waals surface area contributed by atoms with Gasteiger partial charge in [0.2, 0.25) is 0 Å². The third kappa shape index (κ3) is 3.32. The van der Waals surface area contributed by atoms with Gasteiger partial charge in [0.15, 0.2) is 5.17 Å². The highest BCUT2D eigenvalue weighted by Gasteiger charge is 2.54. The van der Waals surface area contributed by atoms with Crippen molar-refractivity contribution in [1.82, 2.24) is 5.32 Å². The van der Waals surface area contributed by atoms with Gasteiger partial charge in [-0.15, -0.1) is 0 Å². The predicted octanol–water partition coefficient (Wildman–Crippen LogP) is 2.70. The van der Waals surface area contributed by atoms with Gasteiger partial charge in [0.1, 0.15) is 17.2 Å². The third-order valence-corrected chi connectivity index (χ3v) is 6.11. The van der Waals surface area contributed by atoms with E-state index in [1.807, 2.05) is 6.07 Å². The molecule has 0 aromatic heterocycles. The average molecular weight is 404 g/mol. The summed E-state index contributed by atoms with van der Waals surface area (Å²) in [5.74, 6) is -1.57. The van der Waals surface area contributed by atoms with Gasteiger partial charge >= 0.3 is 0 Å². The smallest absolute Gasteiger partial charge is 0.257 e. The number of hydrogen-bond acceptors (Lipinski definition) is 5. The zero-order valence-electron chi connectivity index (χ0n) is 14.8. The quantitative estimate of drug-likeness (QED) is 0.825. The first-order valence-corrected chi connectivity index (χ1v) is 9.79. The molecule has 3 atom stereocenters. The van der Waals surface area contributed by atoms with Crippen molar-refractivity contribution in [2.24, 2.45) is 10.9 Å². The summed E-state index contributed by atoms with van der Waals surface area (Å²) in [6.07, 6.45) is -0.507. The molecule has 146 valence electrons. The number of fused-ring (bicyclic) bond motifs is 1. The monoisotopic (exact) mass is 404 g/mol. The van der Waals surface area contributed by atoms with Crippen molar-refractivity contribution in [2.75, 3.05) is 19.0 Å². The highest BCUT2D eigenvalue weighted by atomic mass is 32.2. The molecule has 4 rings (SSSR count). The second-order valence-corrected chi connectivity index (χ2v) is 7.74. The number of thioether (sulfide) groups is 1. The lowest BCUT2D eigenvalue weighted by molar-refractivity contribution is 0.0436. The van der Waals surface area contributed by atoms with Gasteiger partial charge in [-0.3, -0.25) is 4.79 Å². The molecule has 1 fully saturated rings. The van der Waals surface area contributed by atoms with Crippen molar-refractivity contribution in [1.29, 1.82) is 0 Å². The number of amides is 1. The van der Waals surface area contributed by atoms with Gasteiger partial charge in [-0.1, -0.05) is 36.0 Å². The summed E-state index contributed by atoms with van der Waals surface area (Å²) in [4.78, 5) is 17.1. The second kappa shape index (κ2) is 7.62. The Hall–Kier alpha value is -2.29. The van der Waals surface area contributed by atoms with Crippen molar-refractivity contribution in [3.63, 3.8) is 0 Å². The van der Waals surface area contributed by atoms with Crippen LogP contribution in [0.4, 0.5) is 8.78 Å². The maximum atomic E-state index is 14.6. The molecule has 0 spiro atoms. The number of amidine groups is 1. The molecule has 0 saturated carbocycles. The number of aliphatic imine (C=N–C) groups is 1. The number of rotatable bonds is 3. The van der Waals surface area contributed by atoms with Gasteiger partial charge in [-0.2, -0.15) is 0 Å². The number of aliphatic hydroxyl groups excluding tert-OH is 1. The topological polar surface area (TPSA) is 70.9 Å². The third-order valence-electron chi connectivity index (χ3n) is 5.11. The number of hydrogen-bond donors (Lipinski definition) is 2. The van der Waals surface area contributed by atoms with E-state index in [9.17, 15) is 18.7 Å². The Morgan fingerprint density at radius 2 is 2.07 bits per heavy atom. The minimum Gasteiger partial charge on any atom is -0.394 e. The molecule has 2 aromatic carbocycles. The predicted molar refractivity (Wildman–Crippen MR) is 102 cm³/mol. The Labute approximate surface area is 164 Å². The SMILES string of the molecule is O=C(NC1=N[C@@]2(c3ccc(F)cc3F)CO[C@H](CO)[C@H]2CS1)c1ccccc1. The molecule has 2 aliphatic heterocycles. The first kappa shape index (κ1) is 19.0. The second-order valence-electron chi connectivity index (χ2n) is 6.74. The van der Waals surface area contributed by atoms with Crippen LogP contribution in [0.2, 0.25) is 0 Å². The van der Waals surface area contributed by atoms with Crippen molar-refractivity contribution in [3.8, 4) is 0 Å². The zero-order chi connectivity index (χ0) is 19.7. The number of nitrogens with one attached hydrogen (secondary N) is 1. The van der Waals surface area contributed by atoms with E-state index in [1.54, 1.807) is 24.3 Å². The summed E-state index contributed by atoms with van der Waals surface area (Å²) in [5, 5.41) is 12.7. The molecule has 0 radical (unpaired) electrons. The van der Waals surface area contributed by atoms with Crippen LogP contribution in [0.3, 0.4) is 0 Å². The number of carbonyl (C=O) groups excluding carboxylic acids is 1. The van der Waals surface area contributed by atoms with Gasteiger partial charge in [0.25, 0.3) is 5.91 Å². The van der Waals surface area contributed by atoms with Gasteiger partial charge < -0.3 is 15.2 Å². The molecule has 2 aromatic rings. The Morgan fingerprint density at radius 1 is 1.29 bits per heavy atom. The molecule has 2 aliphatic rings. The zero-order valence-corrected chi connectivity index (χ0v) is 15.6. The number of carbonyl (C=O) groups is 1. The van der Waals surface area contributed by atoms with Gasteiger partial charge in [0.05, 0.1) is 19.3 Å². The van der Waals surface area contributed by atoms with Crippen LogP contribution in [-0.2, 0) is 10.3 Å². The highest BCUT2D eigenvalue weighted by Crippen LogP contribution is 2.48. The maximum Gasteiger partial charge on any atom is 0.257 e. The van der Waals surface area contributed by atoms with Crippen molar-refractivity contribution in [2.45, 2.75) is 11.6 Å². The summed E-state index contributed by atoms with van der Waals surface area (Å²) in [6, 6.07) is 12.0. The first-order valence-electron chi connectivity index (χ1n) is 8.80. The van der Waals surface area contributed by atoms with Crippen molar-refractivity contribution >= 4 is 22.8 Å². The normalized spacial score (nSPS) is 26.5. The molecule has 1 saturated heterocycles. The number of ether oxygens (including phenoxy) is 1. The molecule has 2 heterocycles. The number of aliphatic hydroxyl groups is 1. The van der Waals surface area contributed by atoms with Crippen LogP contribution in [0.5, 0.6) is 0 Å². The Kier molecular flexibility index (Phi) is 5.18. The van der Waals surface area contributed by atoms with Crippen LogP contribution >= 0.6 is 11.8 Å². The van der Waals surface area contributed by atoms with E-state index in [0.717, 1.165) is 6.07 Å². The molecular formula is C20H18F2N2O3S. The summed E-state index contributed by atoms with van der Waals surface area (Å²) in [6.45, 7) is -0.187. The molecular weight excluding hydrogens is 386 g/mol. The van der Waals surface area contributed by atoms with E-state index < -0.39 is 23.3 Å². The standard InChI is InChI=1S/C20H18F2N2O3S/c21-13-6-7-14(16(22)8-13)20-11-27-17(9-25)15(20)10-28-19(24-20)23-18(26)12-4-2-1-3-5-12/h1-8,15,17,25H,9-11H2,(H,23,24,26)/t15-,17-,20-/m1/s1. The minimum absolute atomic E-state index is 0.0384. The van der Waals surface area contributed by atoms with Crippen molar-refractivity contribution < 1.29 is 23.4 Å². The molecule has 2 N–H and O–H groups in total. The fourth-order valence-corrected chi connectivity index (χ4v) is 4.91. The van der Waals surface area contributed by atoms with E-state index in [4.69, 9.17) is 4.74 Å². The van der Waals surface area contributed by atoms with Crippen LogP contribution < -0.4 is 5.32 Å². The maximum absolute atomic E-state index is 14.6. The highest BCUT2D eigenvalue weighted by molar-refractivity contribution is 8.13. The van der Waals surface area contributed by atoms with Crippen LogP contribution in [0.15, 0.2) is 53.5 Å². The summed E-state index contributed by atoms with van der Waals surface area (Å²) in [5.41, 5.74) is -0.456. The molecule has 0 bridgehead atoms. The van der Waals surface area contributed by atoms with E-state index in [-0.39, 0.29) is 30.6 Å². The number of benzene rings is 2. The van der Waals surface area contributed by atoms with E-state index >= 15 is 0 Å². The van der Waals surface area contributed by atoms with Crippen LogP contribution in [0.1, 0.15) is 15.9 Å². The van der Waals surface area contributed by atoms with E-state index in [2.05, 4.69) is 10.3 Å². The largest absolute Gasteiger partial charge is 0.394 e. The van der Waals surface area contributed by atoms with Crippen LogP contribution in [0.25, 0.3) is 0 Å². The Bertz CT molecular complexity index is 925. The van der Waals surface area contributed by atoms with Gasteiger partial charge in [-0.05, 0) is 18.2 Å². The molecule has 0 aliphatic carbocycles. The average Bonchev–Trinajstić information content (AvgIpc) is 3.07. The Balaban J connectivity index is 1.71. The lowest BCUT2D eigenvalue weighted by atomic mass is 9.79. The van der Waals surface area contributed by atoms with E-state index in [0.29, 0.717) is 16.5 Å². The lowest BCUT2D eigenvalue weighted by Gasteiger charge is -2.36. The van der Waals surface area contributed by atoms with Gasteiger partial charge in [-0.25, -0.2) is 13.8 Å². The fraction of sp³-hybridized carbons (Fsp3) is 0.300. The summed E-state index contributed by atoms with van der Waals surface area (Å²) in [7, 11) is 0. The lowest BCUT2D eigenvalue weighted by Crippen LogP contribution is -2.45.